The van der Waals surface area contributed by atoms with Crippen LogP contribution in [-0.2, 0) is 6.42 Å². The highest BCUT2D eigenvalue weighted by Gasteiger charge is 2.27. The molecule has 1 saturated carbocycles. The molecule has 0 bridgehead atoms. The molecule has 4 heteroatoms. The first kappa shape index (κ1) is 16.5. The van der Waals surface area contributed by atoms with E-state index in [0.29, 0.717) is 18.2 Å². The quantitative estimate of drug-likeness (QED) is 0.889. The van der Waals surface area contributed by atoms with E-state index >= 15 is 0 Å². The first-order chi connectivity index (χ1) is 9.90. The average Bonchev–Trinajstić information content (AvgIpc) is 2.87. The van der Waals surface area contributed by atoms with Crippen molar-refractivity contribution < 1.29 is 4.52 Å². The zero-order valence-electron chi connectivity index (χ0n) is 14.1. The van der Waals surface area contributed by atoms with Crippen molar-refractivity contribution in [2.45, 2.75) is 84.6 Å². The molecule has 1 fully saturated rings. The van der Waals surface area contributed by atoms with Crippen LogP contribution >= 0.6 is 0 Å². The maximum Gasteiger partial charge on any atom is 0.228 e. The molecule has 0 radical (unpaired) electrons. The van der Waals surface area contributed by atoms with E-state index in [1.54, 1.807) is 0 Å². The van der Waals surface area contributed by atoms with Crippen molar-refractivity contribution in [3.05, 3.63) is 11.7 Å². The minimum absolute atomic E-state index is 0.0473. The zero-order valence-corrected chi connectivity index (χ0v) is 14.1. The molecular weight excluding hydrogens is 262 g/mol. The van der Waals surface area contributed by atoms with E-state index in [0.717, 1.165) is 11.7 Å². The molecule has 0 amide bonds. The van der Waals surface area contributed by atoms with Gasteiger partial charge in [-0.15, -0.1) is 0 Å². The summed E-state index contributed by atoms with van der Waals surface area (Å²) in [6.07, 6.45) is 8.36. The SMILES string of the molecule is CCCC1CCC(c2noc(CC(N)C(C)(C)C)n2)CC1. The summed E-state index contributed by atoms with van der Waals surface area (Å²) in [6, 6.07) is 0.0473. The summed E-state index contributed by atoms with van der Waals surface area (Å²) >= 11 is 0. The van der Waals surface area contributed by atoms with E-state index in [1.165, 1.54) is 38.5 Å². The second-order valence-electron chi connectivity index (χ2n) is 7.73. The molecule has 0 aromatic carbocycles. The second kappa shape index (κ2) is 6.91. The fourth-order valence-electron chi connectivity index (χ4n) is 3.13. The molecule has 1 aromatic rings. The zero-order chi connectivity index (χ0) is 15.5. The minimum Gasteiger partial charge on any atom is -0.339 e. The number of nitrogens with zero attached hydrogens (tertiary/aromatic N) is 2. The van der Waals surface area contributed by atoms with Crippen LogP contribution in [-0.4, -0.2) is 16.2 Å². The lowest BCUT2D eigenvalue weighted by Gasteiger charge is -2.26. The van der Waals surface area contributed by atoms with Crippen LogP contribution in [0, 0.1) is 11.3 Å². The largest absolute Gasteiger partial charge is 0.339 e. The first-order valence-corrected chi connectivity index (χ1v) is 8.48. The van der Waals surface area contributed by atoms with Gasteiger partial charge in [-0.05, 0) is 37.0 Å². The van der Waals surface area contributed by atoms with Crippen LogP contribution in [0.5, 0.6) is 0 Å². The molecular formula is C17H31N3O. The predicted molar refractivity (Wildman–Crippen MR) is 85.0 cm³/mol. The molecule has 0 aliphatic heterocycles. The van der Waals surface area contributed by atoms with Gasteiger partial charge in [-0.25, -0.2) is 0 Å². The van der Waals surface area contributed by atoms with E-state index < -0.39 is 0 Å². The molecule has 120 valence electrons. The Morgan fingerprint density at radius 2 is 1.90 bits per heavy atom. The molecule has 0 saturated heterocycles. The second-order valence-corrected chi connectivity index (χ2v) is 7.73. The van der Waals surface area contributed by atoms with Gasteiger partial charge in [0, 0.05) is 18.4 Å². The Morgan fingerprint density at radius 1 is 1.24 bits per heavy atom. The number of nitrogens with two attached hydrogens (primary N) is 1. The molecule has 21 heavy (non-hydrogen) atoms. The summed E-state index contributed by atoms with van der Waals surface area (Å²) in [4.78, 5) is 4.60. The van der Waals surface area contributed by atoms with E-state index in [4.69, 9.17) is 10.3 Å². The lowest BCUT2D eigenvalue weighted by Crippen LogP contribution is -2.37. The molecule has 1 heterocycles. The van der Waals surface area contributed by atoms with Crippen molar-refractivity contribution in [3.63, 3.8) is 0 Å². The van der Waals surface area contributed by atoms with Gasteiger partial charge in [0.2, 0.25) is 5.89 Å². The summed E-state index contributed by atoms with van der Waals surface area (Å²) in [5, 5.41) is 4.20. The van der Waals surface area contributed by atoms with E-state index in [2.05, 4.69) is 37.8 Å². The summed E-state index contributed by atoms with van der Waals surface area (Å²) in [7, 11) is 0. The molecule has 4 nitrogen and oxygen atoms in total. The summed E-state index contributed by atoms with van der Waals surface area (Å²) < 4.78 is 5.42. The third-order valence-corrected chi connectivity index (χ3v) is 4.90. The van der Waals surface area contributed by atoms with Crippen molar-refractivity contribution in [1.29, 1.82) is 0 Å². The Bertz CT molecular complexity index is 427. The van der Waals surface area contributed by atoms with Crippen LogP contribution in [0.4, 0.5) is 0 Å². The standard InChI is InChI=1S/C17H31N3O/c1-5-6-12-7-9-13(10-8-12)16-19-15(21-20-16)11-14(18)17(2,3)4/h12-14H,5-11,18H2,1-4H3. The smallest absolute Gasteiger partial charge is 0.228 e. The highest BCUT2D eigenvalue weighted by molar-refractivity contribution is 4.99. The molecule has 1 aromatic heterocycles. The fraction of sp³-hybridized carbons (Fsp3) is 0.882. The van der Waals surface area contributed by atoms with Crippen molar-refractivity contribution in [3.8, 4) is 0 Å². The van der Waals surface area contributed by atoms with Crippen LogP contribution < -0.4 is 5.73 Å². The molecule has 0 spiro atoms. The third kappa shape index (κ3) is 4.53. The summed E-state index contributed by atoms with van der Waals surface area (Å²) in [5.41, 5.74) is 6.26. The summed E-state index contributed by atoms with van der Waals surface area (Å²) in [5.74, 6) is 3.00. The van der Waals surface area contributed by atoms with Gasteiger partial charge >= 0.3 is 0 Å². The van der Waals surface area contributed by atoms with E-state index in [-0.39, 0.29) is 11.5 Å². The van der Waals surface area contributed by atoms with Crippen molar-refractivity contribution in [2.75, 3.05) is 0 Å². The molecule has 1 aliphatic carbocycles. The number of hydrogen-bond acceptors (Lipinski definition) is 4. The topological polar surface area (TPSA) is 64.9 Å². The van der Waals surface area contributed by atoms with Gasteiger partial charge in [0.15, 0.2) is 5.82 Å². The van der Waals surface area contributed by atoms with Crippen LogP contribution in [0.15, 0.2) is 4.52 Å². The van der Waals surface area contributed by atoms with Gasteiger partial charge in [-0.1, -0.05) is 45.7 Å². The Kier molecular flexibility index (Phi) is 5.42. The molecule has 1 unspecified atom stereocenters. The molecule has 1 atom stereocenters. The Morgan fingerprint density at radius 3 is 2.48 bits per heavy atom. The number of aromatic nitrogens is 2. The molecule has 1 aliphatic rings. The van der Waals surface area contributed by atoms with Gasteiger partial charge < -0.3 is 10.3 Å². The maximum atomic E-state index is 6.19. The highest BCUT2D eigenvalue weighted by Crippen LogP contribution is 2.36. The lowest BCUT2D eigenvalue weighted by atomic mass is 9.80. The van der Waals surface area contributed by atoms with Crippen LogP contribution in [0.3, 0.4) is 0 Å². The van der Waals surface area contributed by atoms with Crippen molar-refractivity contribution in [2.24, 2.45) is 17.1 Å². The molecule has 2 rings (SSSR count). The Labute approximate surface area is 128 Å². The average molecular weight is 293 g/mol. The Hall–Kier alpha value is -0.900. The van der Waals surface area contributed by atoms with Crippen molar-refractivity contribution in [1.82, 2.24) is 10.1 Å². The normalized spacial score (nSPS) is 25.0. The fourth-order valence-corrected chi connectivity index (χ4v) is 3.13. The van der Waals surface area contributed by atoms with Gasteiger partial charge in [-0.2, -0.15) is 4.98 Å². The molecule has 2 N–H and O–H groups in total. The van der Waals surface area contributed by atoms with Gasteiger partial charge in [0.1, 0.15) is 0 Å². The Balaban J connectivity index is 1.89. The lowest BCUT2D eigenvalue weighted by molar-refractivity contribution is 0.280. The summed E-state index contributed by atoms with van der Waals surface area (Å²) in [6.45, 7) is 8.70. The number of hydrogen-bond donors (Lipinski definition) is 1. The van der Waals surface area contributed by atoms with Crippen LogP contribution in [0.25, 0.3) is 0 Å². The minimum atomic E-state index is 0.0473. The van der Waals surface area contributed by atoms with Crippen molar-refractivity contribution >= 4 is 0 Å². The monoisotopic (exact) mass is 293 g/mol. The van der Waals surface area contributed by atoms with E-state index in [1.807, 2.05) is 0 Å². The van der Waals surface area contributed by atoms with Gasteiger partial charge in [0.25, 0.3) is 0 Å². The maximum absolute atomic E-state index is 6.19. The van der Waals surface area contributed by atoms with Crippen LogP contribution in [0.2, 0.25) is 0 Å². The third-order valence-electron chi connectivity index (χ3n) is 4.90. The van der Waals surface area contributed by atoms with Gasteiger partial charge in [-0.3, -0.25) is 0 Å². The van der Waals surface area contributed by atoms with Crippen LogP contribution in [0.1, 0.15) is 83.9 Å². The van der Waals surface area contributed by atoms with E-state index in [9.17, 15) is 0 Å². The highest BCUT2D eigenvalue weighted by atomic mass is 16.5. The van der Waals surface area contributed by atoms with Gasteiger partial charge in [0.05, 0.1) is 0 Å². The number of rotatable bonds is 5. The first-order valence-electron chi connectivity index (χ1n) is 8.48. The predicted octanol–water partition coefficient (Wildman–Crippen LogP) is 4.06.